The highest BCUT2D eigenvalue weighted by atomic mass is 35.5. The highest BCUT2D eigenvalue weighted by Crippen LogP contribution is 2.40. The van der Waals surface area contributed by atoms with Gasteiger partial charge in [-0.15, -0.1) is 0 Å². The van der Waals surface area contributed by atoms with Gasteiger partial charge in [-0.3, -0.25) is 0 Å². The Kier molecular flexibility index (Phi) is 3.68. The highest BCUT2D eigenvalue weighted by Gasteiger charge is 2.25. The molecule has 1 unspecified atom stereocenters. The van der Waals surface area contributed by atoms with E-state index in [1.807, 2.05) is 18.2 Å². The van der Waals surface area contributed by atoms with E-state index in [-0.39, 0.29) is 6.61 Å². The predicted molar refractivity (Wildman–Crippen MR) is 83.7 cm³/mol. The number of halogens is 1. The lowest BCUT2D eigenvalue weighted by molar-refractivity contribution is 0.282. The number of hydrogen-bond acceptors (Lipinski definition) is 2. The first-order valence-electron chi connectivity index (χ1n) is 6.94. The summed E-state index contributed by atoms with van der Waals surface area (Å²) >= 11 is 6.40. The van der Waals surface area contributed by atoms with Crippen LogP contribution in [0.4, 0.5) is 11.4 Å². The Hall–Kier alpha value is -1.51. The third-order valence-electron chi connectivity index (χ3n) is 3.86. The topological polar surface area (TPSA) is 23.5 Å². The molecule has 1 atom stereocenters. The fraction of sp³-hybridized carbons (Fsp3) is 0.294. The molecular weight excluding hydrogens is 270 g/mol. The largest absolute Gasteiger partial charge is 0.392 e. The minimum Gasteiger partial charge on any atom is -0.392 e. The fourth-order valence-electron chi connectivity index (χ4n) is 3.00. The number of rotatable bonds is 2. The maximum atomic E-state index is 9.60. The maximum absolute atomic E-state index is 9.60. The lowest BCUT2D eigenvalue weighted by Gasteiger charge is -2.36. The lowest BCUT2D eigenvalue weighted by atomic mass is 9.93. The first-order valence-corrected chi connectivity index (χ1v) is 7.32. The van der Waals surface area contributed by atoms with Crippen LogP contribution in [0.5, 0.6) is 0 Å². The van der Waals surface area contributed by atoms with Crippen LogP contribution in [-0.4, -0.2) is 11.7 Å². The van der Waals surface area contributed by atoms with Gasteiger partial charge in [0, 0.05) is 17.8 Å². The molecule has 2 aromatic carbocycles. The Balaban J connectivity index is 2.16. The van der Waals surface area contributed by atoms with Crippen LogP contribution in [0.2, 0.25) is 5.02 Å². The molecule has 3 rings (SSSR count). The highest BCUT2D eigenvalue weighted by molar-refractivity contribution is 6.33. The second-order valence-corrected chi connectivity index (χ2v) is 5.86. The summed E-state index contributed by atoms with van der Waals surface area (Å²) in [5, 5.41) is 10.3. The van der Waals surface area contributed by atoms with Crippen molar-refractivity contribution in [2.45, 2.75) is 20.0 Å². The summed E-state index contributed by atoms with van der Waals surface area (Å²) in [5.41, 5.74) is 4.36. The molecule has 2 nitrogen and oxygen atoms in total. The fourth-order valence-corrected chi connectivity index (χ4v) is 3.29. The minimum absolute atomic E-state index is 0.00292. The summed E-state index contributed by atoms with van der Waals surface area (Å²) in [6.07, 6.45) is 1.09. The molecular formula is C17H18ClNO. The van der Waals surface area contributed by atoms with Gasteiger partial charge in [-0.05, 0) is 30.0 Å². The van der Waals surface area contributed by atoms with Gasteiger partial charge < -0.3 is 10.0 Å². The van der Waals surface area contributed by atoms with Gasteiger partial charge in [0.15, 0.2) is 0 Å². The second kappa shape index (κ2) is 5.47. The van der Waals surface area contributed by atoms with Crippen LogP contribution < -0.4 is 4.90 Å². The van der Waals surface area contributed by atoms with Gasteiger partial charge >= 0.3 is 0 Å². The molecule has 0 amide bonds. The van der Waals surface area contributed by atoms with Gasteiger partial charge in [-0.2, -0.15) is 0 Å². The Bertz CT molecular complexity index is 626. The van der Waals surface area contributed by atoms with E-state index in [0.29, 0.717) is 10.9 Å². The van der Waals surface area contributed by atoms with E-state index >= 15 is 0 Å². The molecule has 0 bridgehead atoms. The zero-order valence-electron chi connectivity index (χ0n) is 11.5. The number of nitrogens with zero attached hydrogens (tertiary/aromatic N) is 1. The van der Waals surface area contributed by atoms with Crippen LogP contribution in [0.15, 0.2) is 42.5 Å². The van der Waals surface area contributed by atoms with E-state index in [0.717, 1.165) is 24.2 Å². The Morgan fingerprint density at radius 1 is 1.20 bits per heavy atom. The van der Waals surface area contributed by atoms with Crippen LogP contribution in [0.25, 0.3) is 0 Å². The third-order valence-corrected chi connectivity index (χ3v) is 4.16. The maximum Gasteiger partial charge on any atom is 0.0702 e. The summed E-state index contributed by atoms with van der Waals surface area (Å²) in [6, 6.07) is 14.1. The monoisotopic (exact) mass is 287 g/mol. The molecule has 1 aliphatic rings. The van der Waals surface area contributed by atoms with E-state index in [4.69, 9.17) is 11.6 Å². The van der Waals surface area contributed by atoms with Gasteiger partial charge in [-0.25, -0.2) is 0 Å². The first-order chi connectivity index (χ1) is 9.70. The third kappa shape index (κ3) is 2.30. The molecule has 1 N–H and O–H groups in total. The predicted octanol–water partition coefficient (Wildman–Crippen LogP) is 4.16. The second-order valence-electron chi connectivity index (χ2n) is 5.45. The Morgan fingerprint density at radius 2 is 2.00 bits per heavy atom. The zero-order valence-corrected chi connectivity index (χ0v) is 12.3. The van der Waals surface area contributed by atoms with Gasteiger partial charge in [0.2, 0.25) is 0 Å². The molecule has 3 heteroatoms. The van der Waals surface area contributed by atoms with E-state index in [1.165, 1.54) is 11.3 Å². The number of hydrogen-bond donors (Lipinski definition) is 1. The molecule has 0 saturated heterocycles. The SMILES string of the molecule is CC1Cc2ccccc2N(c2c(Cl)cccc2CO)C1. The summed E-state index contributed by atoms with van der Waals surface area (Å²) < 4.78 is 0. The molecule has 0 spiro atoms. The first kappa shape index (κ1) is 13.5. The molecule has 0 radical (unpaired) electrons. The van der Waals surface area contributed by atoms with Gasteiger partial charge in [0.25, 0.3) is 0 Å². The normalized spacial score (nSPS) is 17.9. The number of aliphatic hydroxyl groups is 1. The van der Waals surface area contributed by atoms with Crippen molar-refractivity contribution < 1.29 is 5.11 Å². The van der Waals surface area contributed by atoms with Gasteiger partial charge in [0.05, 0.1) is 17.3 Å². The molecule has 1 aliphatic heterocycles. The molecule has 0 fully saturated rings. The zero-order chi connectivity index (χ0) is 14.1. The molecule has 0 aromatic heterocycles. The average molecular weight is 288 g/mol. The summed E-state index contributed by atoms with van der Waals surface area (Å²) in [4.78, 5) is 2.25. The summed E-state index contributed by atoms with van der Waals surface area (Å²) in [5.74, 6) is 0.563. The van der Waals surface area contributed by atoms with Gasteiger partial charge in [0.1, 0.15) is 0 Å². The standard InChI is InChI=1S/C17H18ClNO/c1-12-9-13-5-2-3-8-16(13)19(10-12)17-14(11-20)6-4-7-15(17)18/h2-8,12,20H,9-11H2,1H3. The molecule has 2 aromatic rings. The van der Waals surface area contributed by atoms with E-state index in [1.54, 1.807) is 0 Å². The molecule has 104 valence electrons. The van der Waals surface area contributed by atoms with Crippen molar-refractivity contribution in [3.63, 3.8) is 0 Å². The molecule has 1 heterocycles. The summed E-state index contributed by atoms with van der Waals surface area (Å²) in [7, 11) is 0. The van der Waals surface area contributed by atoms with Crippen molar-refractivity contribution in [3.8, 4) is 0 Å². The van der Waals surface area contributed by atoms with E-state index < -0.39 is 0 Å². The van der Waals surface area contributed by atoms with Crippen LogP contribution in [-0.2, 0) is 13.0 Å². The van der Waals surface area contributed by atoms with Gasteiger partial charge in [-0.1, -0.05) is 48.9 Å². The minimum atomic E-state index is 0.00292. The van der Waals surface area contributed by atoms with Crippen LogP contribution >= 0.6 is 11.6 Å². The Morgan fingerprint density at radius 3 is 2.80 bits per heavy atom. The lowest BCUT2D eigenvalue weighted by Crippen LogP contribution is -2.31. The van der Waals surface area contributed by atoms with Crippen molar-refractivity contribution in [1.29, 1.82) is 0 Å². The number of fused-ring (bicyclic) bond motifs is 1. The number of benzene rings is 2. The quantitative estimate of drug-likeness (QED) is 0.896. The average Bonchev–Trinajstić information content (AvgIpc) is 2.46. The van der Waals surface area contributed by atoms with Crippen LogP contribution in [0.3, 0.4) is 0 Å². The van der Waals surface area contributed by atoms with Crippen LogP contribution in [0, 0.1) is 5.92 Å². The van der Waals surface area contributed by atoms with E-state index in [9.17, 15) is 5.11 Å². The molecule has 20 heavy (non-hydrogen) atoms. The number of aliphatic hydroxyl groups excluding tert-OH is 1. The number of anilines is 2. The molecule has 0 saturated carbocycles. The summed E-state index contributed by atoms with van der Waals surface area (Å²) in [6.45, 7) is 3.18. The van der Waals surface area contributed by atoms with Crippen LogP contribution in [0.1, 0.15) is 18.1 Å². The van der Waals surface area contributed by atoms with E-state index in [2.05, 4.69) is 36.1 Å². The van der Waals surface area contributed by atoms with Crippen molar-refractivity contribution in [3.05, 3.63) is 58.6 Å². The number of para-hydroxylation sites is 2. The molecule has 0 aliphatic carbocycles. The van der Waals surface area contributed by atoms with Crippen molar-refractivity contribution >= 4 is 23.0 Å². The van der Waals surface area contributed by atoms with Crippen molar-refractivity contribution in [2.75, 3.05) is 11.4 Å². The Labute approximate surface area is 124 Å². The smallest absolute Gasteiger partial charge is 0.0702 e. The van der Waals surface area contributed by atoms with Crippen molar-refractivity contribution in [2.24, 2.45) is 5.92 Å². The van der Waals surface area contributed by atoms with Crippen molar-refractivity contribution in [1.82, 2.24) is 0 Å².